The SMILES string of the molecule is NC(=O)Nc1ccc(O)cc1N1C[C@@H](O)[C@H](NC2CCN(C(=O)c3ccc(Cl)cc3)CC2)C1.O=C(O)C(F)(F)F. The lowest BCUT2D eigenvalue weighted by atomic mass is 10.0. The zero-order chi connectivity index (χ0) is 29.6. The number of nitrogens with zero attached hydrogens (tertiary/aromatic N) is 2. The van der Waals surface area contributed by atoms with Crippen LogP contribution in [0.4, 0.5) is 29.3 Å². The quantitative estimate of drug-likeness (QED) is 0.290. The average molecular weight is 588 g/mol. The number of amides is 3. The number of primary amides is 1. The van der Waals surface area contributed by atoms with Gasteiger partial charge in [-0.2, -0.15) is 13.2 Å². The minimum Gasteiger partial charge on any atom is -0.508 e. The minimum absolute atomic E-state index is 0.00411. The number of piperidine rings is 1. The van der Waals surface area contributed by atoms with Gasteiger partial charge in [-0.1, -0.05) is 11.6 Å². The molecule has 0 aromatic heterocycles. The van der Waals surface area contributed by atoms with Crippen LogP contribution in [0.15, 0.2) is 42.5 Å². The van der Waals surface area contributed by atoms with Crippen molar-refractivity contribution in [1.29, 1.82) is 0 Å². The van der Waals surface area contributed by atoms with E-state index in [9.17, 15) is 33.0 Å². The zero-order valence-electron chi connectivity index (χ0n) is 21.1. The molecule has 0 spiro atoms. The topological polar surface area (TPSA) is 168 Å². The van der Waals surface area contributed by atoms with E-state index in [1.807, 2.05) is 9.80 Å². The Morgan fingerprint density at radius 2 is 1.62 bits per heavy atom. The average Bonchev–Trinajstić information content (AvgIpc) is 3.25. The van der Waals surface area contributed by atoms with E-state index in [0.29, 0.717) is 48.1 Å². The summed E-state index contributed by atoms with van der Waals surface area (Å²) in [5.41, 5.74) is 6.95. The van der Waals surface area contributed by atoms with Crippen molar-refractivity contribution in [3.8, 4) is 5.75 Å². The van der Waals surface area contributed by atoms with Crippen LogP contribution in [0.3, 0.4) is 0 Å². The number of likely N-dealkylation sites (tertiary alicyclic amines) is 1. The first-order valence-corrected chi connectivity index (χ1v) is 12.6. The highest BCUT2D eigenvalue weighted by Crippen LogP contribution is 2.33. The van der Waals surface area contributed by atoms with Crippen LogP contribution in [-0.4, -0.2) is 88.7 Å². The highest BCUT2D eigenvalue weighted by atomic mass is 35.5. The highest BCUT2D eigenvalue weighted by Gasteiger charge is 2.38. The number of nitrogens with one attached hydrogen (secondary N) is 2. The maximum Gasteiger partial charge on any atom is 0.490 e. The van der Waals surface area contributed by atoms with Gasteiger partial charge in [0.15, 0.2) is 0 Å². The fourth-order valence-corrected chi connectivity index (χ4v) is 4.62. The lowest BCUT2D eigenvalue weighted by molar-refractivity contribution is -0.192. The molecule has 2 heterocycles. The molecule has 0 radical (unpaired) electrons. The number of carbonyl (C=O) groups is 3. The molecule has 2 aliphatic rings. The molecule has 2 fully saturated rings. The first-order valence-electron chi connectivity index (χ1n) is 12.2. The predicted molar refractivity (Wildman–Crippen MR) is 141 cm³/mol. The first kappa shape index (κ1) is 30.8. The van der Waals surface area contributed by atoms with E-state index in [2.05, 4.69) is 10.6 Å². The van der Waals surface area contributed by atoms with E-state index in [1.165, 1.54) is 6.07 Å². The molecule has 0 saturated carbocycles. The van der Waals surface area contributed by atoms with Gasteiger partial charge in [0.05, 0.1) is 23.5 Å². The van der Waals surface area contributed by atoms with Crippen molar-refractivity contribution in [2.75, 3.05) is 36.4 Å². The van der Waals surface area contributed by atoms with Crippen LogP contribution in [0.1, 0.15) is 23.2 Å². The lowest BCUT2D eigenvalue weighted by Crippen LogP contribution is -2.50. The van der Waals surface area contributed by atoms with Crippen LogP contribution in [0.5, 0.6) is 5.75 Å². The van der Waals surface area contributed by atoms with Crippen LogP contribution in [0.25, 0.3) is 0 Å². The second-order valence-electron chi connectivity index (χ2n) is 9.31. The summed E-state index contributed by atoms with van der Waals surface area (Å²) in [5, 5.41) is 34.4. The number of aliphatic hydroxyl groups is 1. The predicted octanol–water partition coefficient (Wildman–Crippen LogP) is 2.61. The molecule has 2 saturated heterocycles. The van der Waals surface area contributed by atoms with Gasteiger partial charge in [-0.3, -0.25) is 4.79 Å². The molecule has 40 heavy (non-hydrogen) atoms. The van der Waals surface area contributed by atoms with Crippen molar-refractivity contribution < 1.29 is 42.9 Å². The number of anilines is 2. The normalized spacial score (nSPS) is 19.5. The standard InChI is InChI=1S/C23H28ClN5O4.C2HF3O2/c24-15-3-1-14(2-4-15)22(32)28-9-7-16(8-10-28)26-19-12-29(13-21(19)31)20-11-17(30)5-6-18(20)27-23(25)33;3-2(4,5)1(6)7/h1-6,11,16,19,21,26,30-31H,7-10,12-13H2,(H3,25,27,33);(H,6,7)/t19-,21-;/m1./s1. The second kappa shape index (κ2) is 13.1. The number of hydrogen-bond donors (Lipinski definition) is 6. The van der Waals surface area contributed by atoms with E-state index in [4.69, 9.17) is 27.2 Å². The number of carboxylic acids is 1. The monoisotopic (exact) mass is 587 g/mol. The number of alkyl halides is 3. The third kappa shape index (κ3) is 8.37. The molecule has 2 atom stereocenters. The number of β-amino-alcohol motifs (C(OH)–C–C–N with tert-alkyl or cyclic N) is 1. The highest BCUT2D eigenvalue weighted by molar-refractivity contribution is 6.30. The van der Waals surface area contributed by atoms with Gasteiger partial charge in [0.1, 0.15) is 5.75 Å². The van der Waals surface area contributed by atoms with Crippen LogP contribution in [0, 0.1) is 0 Å². The van der Waals surface area contributed by atoms with Crippen LogP contribution in [0.2, 0.25) is 5.02 Å². The fourth-order valence-electron chi connectivity index (χ4n) is 4.49. The van der Waals surface area contributed by atoms with Gasteiger partial charge in [0.25, 0.3) is 5.91 Å². The molecular weight excluding hydrogens is 559 g/mol. The molecular formula is C25H29ClF3N5O6. The summed E-state index contributed by atoms with van der Waals surface area (Å²) in [4.78, 5) is 36.7. The molecule has 2 aliphatic heterocycles. The molecule has 11 nitrogen and oxygen atoms in total. The Kier molecular flexibility index (Phi) is 10.1. The molecule has 2 aromatic carbocycles. The van der Waals surface area contributed by atoms with Gasteiger partial charge in [-0.25, -0.2) is 9.59 Å². The Labute approximate surface area is 232 Å². The number of phenolic OH excluding ortho intramolecular Hbond substituents is 1. The summed E-state index contributed by atoms with van der Waals surface area (Å²) in [5.74, 6) is -2.70. The molecule has 0 bridgehead atoms. The molecule has 7 N–H and O–H groups in total. The fraction of sp³-hybridized carbons (Fsp3) is 0.400. The smallest absolute Gasteiger partial charge is 0.490 e. The number of urea groups is 1. The summed E-state index contributed by atoms with van der Waals surface area (Å²) >= 11 is 5.91. The van der Waals surface area contributed by atoms with Crippen molar-refractivity contribution in [3.05, 3.63) is 53.1 Å². The molecule has 218 valence electrons. The first-order chi connectivity index (χ1) is 18.7. The Morgan fingerprint density at radius 1 is 1.02 bits per heavy atom. The van der Waals surface area contributed by atoms with Crippen molar-refractivity contribution >= 4 is 40.9 Å². The van der Waals surface area contributed by atoms with Crippen molar-refractivity contribution in [3.63, 3.8) is 0 Å². The molecule has 0 unspecified atom stereocenters. The number of hydrogen-bond acceptors (Lipinski definition) is 7. The molecule has 15 heteroatoms. The number of aliphatic carboxylic acids is 1. The lowest BCUT2D eigenvalue weighted by Gasteiger charge is -2.34. The number of carboxylic acid groups (broad SMARTS) is 1. The van der Waals surface area contributed by atoms with Crippen molar-refractivity contribution in [1.82, 2.24) is 10.2 Å². The largest absolute Gasteiger partial charge is 0.508 e. The van der Waals surface area contributed by atoms with Gasteiger partial charge in [-0.15, -0.1) is 0 Å². The maximum absolute atomic E-state index is 12.7. The number of aromatic hydroxyl groups is 1. The second-order valence-corrected chi connectivity index (χ2v) is 9.75. The number of halogens is 4. The third-order valence-corrected chi connectivity index (χ3v) is 6.69. The zero-order valence-corrected chi connectivity index (χ0v) is 21.8. The number of phenols is 1. The van der Waals surface area contributed by atoms with E-state index in [1.54, 1.807) is 36.4 Å². The van der Waals surface area contributed by atoms with Gasteiger partial charge < -0.3 is 41.5 Å². The molecule has 3 amide bonds. The van der Waals surface area contributed by atoms with Gasteiger partial charge in [-0.05, 0) is 49.2 Å². The van der Waals surface area contributed by atoms with Gasteiger partial charge in [0.2, 0.25) is 0 Å². The summed E-state index contributed by atoms with van der Waals surface area (Å²) < 4.78 is 31.7. The molecule has 2 aromatic rings. The van der Waals surface area contributed by atoms with Crippen molar-refractivity contribution in [2.45, 2.75) is 37.2 Å². The number of benzene rings is 2. The minimum atomic E-state index is -5.08. The summed E-state index contributed by atoms with van der Waals surface area (Å²) in [6, 6.07) is 10.8. The van der Waals surface area contributed by atoms with Crippen molar-refractivity contribution in [2.24, 2.45) is 5.73 Å². The number of carbonyl (C=O) groups excluding carboxylic acids is 2. The molecule has 0 aliphatic carbocycles. The summed E-state index contributed by atoms with van der Waals surface area (Å²) in [6.07, 6.45) is -4.14. The summed E-state index contributed by atoms with van der Waals surface area (Å²) in [7, 11) is 0. The van der Waals surface area contributed by atoms with E-state index in [-0.39, 0.29) is 23.7 Å². The van der Waals surface area contributed by atoms with Crippen LogP contribution < -0.4 is 21.3 Å². The Morgan fingerprint density at radius 3 is 2.17 bits per heavy atom. The third-order valence-electron chi connectivity index (χ3n) is 6.43. The number of nitrogens with two attached hydrogens (primary N) is 1. The van der Waals surface area contributed by atoms with E-state index in [0.717, 1.165) is 12.8 Å². The maximum atomic E-state index is 12.7. The van der Waals surface area contributed by atoms with Crippen LogP contribution in [-0.2, 0) is 4.79 Å². The van der Waals surface area contributed by atoms with E-state index < -0.39 is 24.3 Å². The number of rotatable bonds is 5. The number of aliphatic hydroxyl groups excluding tert-OH is 1. The van der Waals surface area contributed by atoms with Gasteiger partial charge >= 0.3 is 18.2 Å². The molecule has 4 rings (SSSR count). The van der Waals surface area contributed by atoms with Gasteiger partial charge in [0, 0.05) is 48.9 Å². The van der Waals surface area contributed by atoms with E-state index >= 15 is 0 Å². The Hall–Kier alpha value is -3.75. The Bertz CT molecular complexity index is 1210. The Balaban J connectivity index is 0.000000559. The summed E-state index contributed by atoms with van der Waals surface area (Å²) in [6.45, 7) is 2.11. The van der Waals surface area contributed by atoms with Crippen LogP contribution >= 0.6 is 11.6 Å².